The molecule has 184 valence electrons. The van der Waals surface area contributed by atoms with E-state index >= 15 is 0 Å². The predicted octanol–water partition coefficient (Wildman–Crippen LogP) is 0.830. The van der Waals surface area contributed by atoms with Gasteiger partial charge in [-0.15, -0.1) is 0 Å². The third-order valence-corrected chi connectivity index (χ3v) is 6.93. The Labute approximate surface area is 199 Å². The summed E-state index contributed by atoms with van der Waals surface area (Å²) in [5.74, 6) is -1.20. The topological polar surface area (TPSA) is 137 Å². The number of aliphatic carboxylic acids is 1. The number of hydrogen-bond donors (Lipinski definition) is 5. The van der Waals surface area contributed by atoms with E-state index in [1.807, 2.05) is 26.4 Å². The first-order valence-corrected chi connectivity index (χ1v) is 13.9. The van der Waals surface area contributed by atoms with Gasteiger partial charge in [-0.2, -0.15) is 23.5 Å². The van der Waals surface area contributed by atoms with Gasteiger partial charge in [-0.05, 0) is 62.2 Å². The van der Waals surface area contributed by atoms with E-state index in [1.54, 1.807) is 11.8 Å². The monoisotopic (exact) mass is 490 g/mol. The lowest BCUT2D eigenvalue weighted by Crippen LogP contribution is -2.58. The molecule has 1 rings (SSSR count). The van der Waals surface area contributed by atoms with E-state index in [0.717, 1.165) is 19.4 Å². The molecule has 11 heteroatoms. The highest BCUT2D eigenvalue weighted by atomic mass is 32.2. The molecule has 0 spiro atoms. The summed E-state index contributed by atoms with van der Waals surface area (Å²) in [6, 6.07) is -2.97. The Morgan fingerprint density at radius 3 is 2.12 bits per heavy atom. The largest absolute Gasteiger partial charge is 0.480 e. The van der Waals surface area contributed by atoms with Crippen molar-refractivity contribution in [3.63, 3.8) is 0 Å². The molecule has 0 aliphatic carbocycles. The number of thioether (sulfide) groups is 2. The van der Waals surface area contributed by atoms with Gasteiger partial charge < -0.3 is 26.4 Å². The summed E-state index contributed by atoms with van der Waals surface area (Å²) in [6.07, 6.45) is 6.79. The lowest BCUT2D eigenvalue weighted by atomic mass is 9.97. The molecule has 0 bridgehead atoms. The maximum atomic E-state index is 13.1. The third kappa shape index (κ3) is 9.58. The van der Waals surface area contributed by atoms with Crippen LogP contribution in [-0.2, 0) is 19.2 Å². The molecule has 1 heterocycles. The second-order valence-electron chi connectivity index (χ2n) is 8.04. The number of amides is 3. The van der Waals surface area contributed by atoms with E-state index in [-0.39, 0.29) is 17.9 Å². The van der Waals surface area contributed by atoms with Gasteiger partial charge in [0, 0.05) is 0 Å². The van der Waals surface area contributed by atoms with Gasteiger partial charge >= 0.3 is 5.97 Å². The zero-order valence-corrected chi connectivity index (χ0v) is 21.1. The van der Waals surface area contributed by atoms with E-state index in [2.05, 4.69) is 21.3 Å². The predicted molar refractivity (Wildman–Crippen MR) is 130 cm³/mol. The summed E-state index contributed by atoms with van der Waals surface area (Å²) < 4.78 is 0. The van der Waals surface area contributed by atoms with Gasteiger partial charge in [-0.1, -0.05) is 20.3 Å². The number of nitrogens with one attached hydrogen (secondary N) is 4. The van der Waals surface area contributed by atoms with Gasteiger partial charge in [-0.3, -0.25) is 14.4 Å². The molecule has 0 aromatic heterocycles. The molecule has 1 aliphatic heterocycles. The summed E-state index contributed by atoms with van der Waals surface area (Å²) in [7, 11) is 0. The molecule has 5 N–H and O–H groups in total. The van der Waals surface area contributed by atoms with Crippen molar-refractivity contribution in [2.45, 2.75) is 70.1 Å². The summed E-state index contributed by atoms with van der Waals surface area (Å²) in [4.78, 5) is 50.1. The lowest BCUT2D eigenvalue weighted by molar-refractivity contribution is -0.142. The van der Waals surface area contributed by atoms with E-state index in [9.17, 15) is 24.3 Å². The molecule has 3 amide bonds. The van der Waals surface area contributed by atoms with Crippen LogP contribution in [0, 0.1) is 5.92 Å². The van der Waals surface area contributed by atoms with Crippen molar-refractivity contribution in [1.29, 1.82) is 0 Å². The first-order chi connectivity index (χ1) is 15.2. The Balaban J connectivity index is 2.89. The first kappa shape index (κ1) is 28.6. The Hall–Kier alpha value is -1.46. The fourth-order valence-electron chi connectivity index (χ4n) is 3.40. The van der Waals surface area contributed by atoms with Crippen LogP contribution in [-0.4, -0.2) is 83.5 Å². The standard InChI is InChI=1S/C21H38N4O5S2/c1-5-13(2)17(20(28)24-16(21(29)30)9-12-32-4)25-19(27)15(8-11-31-3)23-18(26)14-7-6-10-22-14/h13-17,22H,5-12H2,1-4H3,(H,23,26)(H,24,28)(H,25,27)(H,29,30). The summed E-state index contributed by atoms with van der Waals surface area (Å²) in [6.45, 7) is 4.51. The average Bonchev–Trinajstić information content (AvgIpc) is 3.31. The van der Waals surface area contributed by atoms with Crippen LogP contribution >= 0.6 is 23.5 Å². The zero-order valence-electron chi connectivity index (χ0n) is 19.4. The molecule has 1 aliphatic rings. The van der Waals surface area contributed by atoms with E-state index in [4.69, 9.17) is 0 Å². The molecule has 5 atom stereocenters. The van der Waals surface area contributed by atoms with Gasteiger partial charge in [0.2, 0.25) is 17.7 Å². The van der Waals surface area contributed by atoms with Crippen LogP contribution in [0.2, 0.25) is 0 Å². The Morgan fingerprint density at radius 2 is 1.62 bits per heavy atom. The van der Waals surface area contributed by atoms with E-state index in [1.165, 1.54) is 11.8 Å². The number of carboxylic acid groups (broad SMARTS) is 1. The van der Waals surface area contributed by atoms with Crippen molar-refractivity contribution in [3.05, 3.63) is 0 Å². The molecule has 0 aromatic rings. The molecule has 0 radical (unpaired) electrons. The molecule has 1 fully saturated rings. The van der Waals surface area contributed by atoms with E-state index < -0.39 is 35.9 Å². The second-order valence-corrected chi connectivity index (χ2v) is 10.0. The molecule has 0 saturated carbocycles. The molecular weight excluding hydrogens is 452 g/mol. The fraction of sp³-hybridized carbons (Fsp3) is 0.810. The van der Waals surface area contributed by atoms with Gasteiger partial charge in [-0.25, -0.2) is 4.79 Å². The van der Waals surface area contributed by atoms with Crippen LogP contribution in [0.3, 0.4) is 0 Å². The minimum absolute atomic E-state index is 0.206. The minimum atomic E-state index is -1.10. The summed E-state index contributed by atoms with van der Waals surface area (Å²) in [5, 5.41) is 20.7. The quantitative estimate of drug-likeness (QED) is 0.228. The molecule has 32 heavy (non-hydrogen) atoms. The van der Waals surface area contributed by atoms with Gasteiger partial charge in [0.05, 0.1) is 6.04 Å². The van der Waals surface area contributed by atoms with Crippen molar-refractivity contribution in [2.75, 3.05) is 30.6 Å². The van der Waals surface area contributed by atoms with Crippen LogP contribution < -0.4 is 21.3 Å². The van der Waals surface area contributed by atoms with Crippen LogP contribution in [0.15, 0.2) is 0 Å². The zero-order chi connectivity index (χ0) is 24.1. The smallest absolute Gasteiger partial charge is 0.326 e. The normalized spacial score (nSPS) is 19.4. The van der Waals surface area contributed by atoms with Gasteiger partial charge in [0.1, 0.15) is 18.1 Å². The second kappa shape index (κ2) is 15.4. The van der Waals surface area contributed by atoms with Gasteiger partial charge in [0.25, 0.3) is 0 Å². The average molecular weight is 491 g/mol. The summed E-state index contributed by atoms with van der Waals surface area (Å²) >= 11 is 3.07. The highest BCUT2D eigenvalue weighted by Gasteiger charge is 2.33. The van der Waals surface area contributed by atoms with Crippen molar-refractivity contribution >= 4 is 47.2 Å². The highest BCUT2D eigenvalue weighted by Crippen LogP contribution is 2.12. The lowest BCUT2D eigenvalue weighted by Gasteiger charge is -2.28. The third-order valence-electron chi connectivity index (χ3n) is 5.64. The Kier molecular flexibility index (Phi) is 13.7. The van der Waals surface area contributed by atoms with Crippen molar-refractivity contribution < 1.29 is 24.3 Å². The van der Waals surface area contributed by atoms with Crippen molar-refractivity contribution in [3.8, 4) is 0 Å². The van der Waals surface area contributed by atoms with Crippen LogP contribution in [0.4, 0.5) is 0 Å². The Bertz CT molecular complexity index is 631. The fourth-order valence-corrected chi connectivity index (χ4v) is 4.34. The van der Waals surface area contributed by atoms with Crippen molar-refractivity contribution in [2.24, 2.45) is 5.92 Å². The Morgan fingerprint density at radius 1 is 1.00 bits per heavy atom. The number of carbonyl (C=O) groups excluding carboxylic acids is 3. The van der Waals surface area contributed by atoms with Crippen LogP contribution in [0.5, 0.6) is 0 Å². The number of rotatable bonds is 15. The molecular formula is C21H38N4O5S2. The van der Waals surface area contributed by atoms with Crippen LogP contribution in [0.1, 0.15) is 46.0 Å². The molecule has 0 aromatic carbocycles. The molecule has 9 nitrogen and oxygen atoms in total. The molecule has 5 unspecified atom stereocenters. The maximum absolute atomic E-state index is 13.1. The van der Waals surface area contributed by atoms with Crippen molar-refractivity contribution in [1.82, 2.24) is 21.3 Å². The summed E-state index contributed by atoms with van der Waals surface area (Å²) in [5.41, 5.74) is 0. The highest BCUT2D eigenvalue weighted by molar-refractivity contribution is 7.98. The SMILES string of the molecule is CCC(C)C(NC(=O)C(CCSC)NC(=O)C1CCCN1)C(=O)NC(CCSC)C(=O)O. The van der Waals surface area contributed by atoms with E-state index in [0.29, 0.717) is 30.8 Å². The number of hydrogen-bond acceptors (Lipinski definition) is 7. The van der Waals surface area contributed by atoms with Gasteiger partial charge in [0.15, 0.2) is 0 Å². The number of carboxylic acids is 1. The van der Waals surface area contributed by atoms with Crippen LogP contribution in [0.25, 0.3) is 0 Å². The maximum Gasteiger partial charge on any atom is 0.326 e. The number of carbonyl (C=O) groups is 4. The first-order valence-electron chi connectivity index (χ1n) is 11.1. The minimum Gasteiger partial charge on any atom is -0.480 e. The molecule has 1 saturated heterocycles.